The van der Waals surface area contributed by atoms with Crippen LogP contribution in [0.15, 0.2) is 36.7 Å². The molecule has 24 heavy (non-hydrogen) atoms. The van der Waals surface area contributed by atoms with Gasteiger partial charge in [0.15, 0.2) is 0 Å². The van der Waals surface area contributed by atoms with Crippen molar-refractivity contribution in [2.45, 2.75) is 19.6 Å². The minimum Gasteiger partial charge on any atom is -0.447 e. The number of pyridine rings is 1. The largest absolute Gasteiger partial charge is 0.447 e. The lowest BCUT2D eigenvalue weighted by molar-refractivity contribution is 0.170. The summed E-state index contributed by atoms with van der Waals surface area (Å²) >= 11 is 0. The summed E-state index contributed by atoms with van der Waals surface area (Å²) in [6, 6.07) is 7.44. The fourth-order valence-corrected chi connectivity index (χ4v) is 4.17. The van der Waals surface area contributed by atoms with E-state index in [0.29, 0.717) is 5.56 Å². The molecule has 6 nitrogen and oxygen atoms in total. The van der Waals surface area contributed by atoms with Crippen molar-refractivity contribution in [3.8, 4) is 11.1 Å². The molecule has 0 radical (unpaired) electrons. The summed E-state index contributed by atoms with van der Waals surface area (Å²) in [4.78, 5) is 15.6. The maximum absolute atomic E-state index is 12.3. The molecule has 2 heterocycles. The Kier molecular flexibility index (Phi) is 4.28. The number of ether oxygens (including phenoxy) is 1. The SMILES string of the molecule is Cc1cc(CS(=O)(=O)N2CCOC2=O)ccc1-c1cnccc1C. The quantitative estimate of drug-likeness (QED) is 0.850. The lowest BCUT2D eigenvalue weighted by atomic mass is 9.97. The first-order valence-electron chi connectivity index (χ1n) is 7.56. The van der Waals surface area contributed by atoms with Gasteiger partial charge in [0.1, 0.15) is 6.61 Å². The van der Waals surface area contributed by atoms with E-state index in [1.165, 1.54) is 0 Å². The Morgan fingerprint density at radius 2 is 1.96 bits per heavy atom. The Balaban J connectivity index is 1.88. The highest BCUT2D eigenvalue weighted by atomic mass is 32.2. The third-order valence-corrected chi connectivity index (χ3v) is 5.73. The zero-order valence-corrected chi connectivity index (χ0v) is 14.3. The Hall–Kier alpha value is -2.41. The van der Waals surface area contributed by atoms with E-state index in [-0.39, 0.29) is 18.9 Å². The third kappa shape index (κ3) is 3.12. The summed E-state index contributed by atoms with van der Waals surface area (Å²) in [7, 11) is -3.72. The van der Waals surface area contributed by atoms with Gasteiger partial charge in [0.2, 0.25) is 10.0 Å². The van der Waals surface area contributed by atoms with E-state index in [9.17, 15) is 13.2 Å². The maximum atomic E-state index is 12.3. The van der Waals surface area contributed by atoms with Crippen molar-refractivity contribution in [3.05, 3.63) is 53.3 Å². The average molecular weight is 346 g/mol. The van der Waals surface area contributed by atoms with Crippen molar-refractivity contribution in [3.63, 3.8) is 0 Å². The predicted octanol–water partition coefficient (Wildman–Crippen LogP) is 2.65. The number of rotatable bonds is 4. The van der Waals surface area contributed by atoms with Crippen LogP contribution in [0.4, 0.5) is 4.79 Å². The summed E-state index contributed by atoms with van der Waals surface area (Å²) in [5.74, 6) is -0.227. The van der Waals surface area contributed by atoms with Crippen LogP contribution in [0.3, 0.4) is 0 Å². The zero-order chi connectivity index (χ0) is 17.3. The van der Waals surface area contributed by atoms with Gasteiger partial charge in [-0.1, -0.05) is 18.2 Å². The average Bonchev–Trinajstić information content (AvgIpc) is 2.95. The van der Waals surface area contributed by atoms with Gasteiger partial charge >= 0.3 is 6.09 Å². The molecular weight excluding hydrogens is 328 g/mol. The Labute approximate surface area is 141 Å². The number of cyclic esters (lactones) is 1. The maximum Gasteiger partial charge on any atom is 0.423 e. The zero-order valence-electron chi connectivity index (χ0n) is 13.5. The minimum absolute atomic E-state index is 0.0765. The molecule has 0 bridgehead atoms. The van der Waals surface area contributed by atoms with Crippen molar-refractivity contribution in [1.82, 2.24) is 9.29 Å². The second-order valence-electron chi connectivity index (χ2n) is 5.78. The van der Waals surface area contributed by atoms with Crippen molar-refractivity contribution < 1.29 is 17.9 Å². The van der Waals surface area contributed by atoms with Crippen LogP contribution in [0.5, 0.6) is 0 Å². The van der Waals surface area contributed by atoms with E-state index in [0.717, 1.165) is 26.6 Å². The summed E-state index contributed by atoms with van der Waals surface area (Å²) in [6.07, 6.45) is 2.74. The van der Waals surface area contributed by atoms with E-state index in [1.54, 1.807) is 18.5 Å². The number of aryl methyl sites for hydroxylation is 2. The molecule has 3 rings (SSSR count). The van der Waals surface area contributed by atoms with E-state index < -0.39 is 16.1 Å². The molecule has 0 aliphatic carbocycles. The number of nitrogens with zero attached hydrogens (tertiary/aromatic N) is 2. The van der Waals surface area contributed by atoms with Crippen LogP contribution in [-0.4, -0.2) is 37.0 Å². The predicted molar refractivity (Wildman–Crippen MR) is 89.8 cm³/mol. The van der Waals surface area contributed by atoms with Gasteiger partial charge in [0.05, 0.1) is 12.3 Å². The van der Waals surface area contributed by atoms with E-state index in [1.807, 2.05) is 32.0 Å². The fourth-order valence-electron chi connectivity index (χ4n) is 2.78. The van der Waals surface area contributed by atoms with Gasteiger partial charge in [0, 0.05) is 18.0 Å². The molecule has 2 aromatic rings. The smallest absolute Gasteiger partial charge is 0.423 e. The van der Waals surface area contributed by atoms with Crippen LogP contribution >= 0.6 is 0 Å². The number of hydrogen-bond acceptors (Lipinski definition) is 5. The lowest BCUT2D eigenvalue weighted by Gasteiger charge is -2.15. The van der Waals surface area contributed by atoms with Crippen LogP contribution < -0.4 is 0 Å². The van der Waals surface area contributed by atoms with Crippen LogP contribution in [0.25, 0.3) is 11.1 Å². The second-order valence-corrected chi connectivity index (χ2v) is 7.68. The molecule has 0 N–H and O–H groups in total. The first kappa shape index (κ1) is 16.4. The first-order valence-corrected chi connectivity index (χ1v) is 9.17. The highest BCUT2D eigenvalue weighted by Crippen LogP contribution is 2.27. The van der Waals surface area contributed by atoms with Gasteiger partial charge in [-0.25, -0.2) is 17.5 Å². The molecule has 126 valence electrons. The summed E-state index contributed by atoms with van der Waals surface area (Å²) in [5.41, 5.74) is 4.74. The van der Waals surface area contributed by atoms with Gasteiger partial charge in [-0.3, -0.25) is 4.98 Å². The number of benzene rings is 1. The molecule has 0 spiro atoms. The molecule has 1 saturated heterocycles. The molecule has 1 amide bonds. The molecule has 1 fully saturated rings. The Morgan fingerprint density at radius 1 is 1.17 bits per heavy atom. The van der Waals surface area contributed by atoms with Crippen molar-refractivity contribution in [2.75, 3.05) is 13.2 Å². The van der Waals surface area contributed by atoms with Crippen LogP contribution in [0, 0.1) is 13.8 Å². The highest BCUT2D eigenvalue weighted by molar-refractivity contribution is 7.88. The highest BCUT2D eigenvalue weighted by Gasteiger charge is 2.33. The molecule has 7 heteroatoms. The molecule has 1 aromatic carbocycles. The van der Waals surface area contributed by atoms with Crippen LogP contribution in [-0.2, 0) is 20.5 Å². The van der Waals surface area contributed by atoms with E-state index in [4.69, 9.17) is 4.74 Å². The monoisotopic (exact) mass is 346 g/mol. The van der Waals surface area contributed by atoms with Crippen molar-refractivity contribution >= 4 is 16.1 Å². The standard InChI is InChI=1S/C17H18N2O4S/c1-12-5-6-18-10-16(12)15-4-3-14(9-13(15)2)11-24(21,22)19-7-8-23-17(19)20/h3-6,9-10H,7-8,11H2,1-2H3. The number of amides is 1. The van der Waals surface area contributed by atoms with Crippen molar-refractivity contribution in [1.29, 1.82) is 0 Å². The third-order valence-electron chi connectivity index (χ3n) is 4.03. The fraction of sp³-hybridized carbons (Fsp3) is 0.294. The number of sulfonamides is 1. The van der Waals surface area contributed by atoms with Gasteiger partial charge in [0.25, 0.3) is 0 Å². The molecule has 0 saturated carbocycles. The normalized spacial score (nSPS) is 14.8. The molecule has 0 unspecified atom stereocenters. The summed E-state index contributed by atoms with van der Waals surface area (Å²) < 4.78 is 30.2. The number of hydrogen-bond donors (Lipinski definition) is 0. The minimum atomic E-state index is -3.72. The molecule has 1 aliphatic rings. The van der Waals surface area contributed by atoms with Gasteiger partial charge in [-0.2, -0.15) is 0 Å². The topological polar surface area (TPSA) is 76.6 Å². The number of aromatic nitrogens is 1. The Morgan fingerprint density at radius 3 is 2.58 bits per heavy atom. The molecule has 0 atom stereocenters. The van der Waals surface area contributed by atoms with Gasteiger partial charge in [-0.05, 0) is 42.2 Å². The second kappa shape index (κ2) is 6.24. The van der Waals surface area contributed by atoms with Gasteiger partial charge in [-0.15, -0.1) is 0 Å². The van der Waals surface area contributed by atoms with Gasteiger partial charge < -0.3 is 4.74 Å². The molecular formula is C17H18N2O4S. The van der Waals surface area contributed by atoms with E-state index >= 15 is 0 Å². The first-order chi connectivity index (χ1) is 11.4. The number of carbonyl (C=O) groups is 1. The molecule has 1 aliphatic heterocycles. The van der Waals surface area contributed by atoms with Crippen LogP contribution in [0.1, 0.15) is 16.7 Å². The summed E-state index contributed by atoms with van der Waals surface area (Å²) in [5, 5.41) is 0. The molecule has 1 aromatic heterocycles. The van der Waals surface area contributed by atoms with Crippen LogP contribution in [0.2, 0.25) is 0 Å². The summed E-state index contributed by atoms with van der Waals surface area (Å²) in [6.45, 7) is 4.12. The van der Waals surface area contributed by atoms with E-state index in [2.05, 4.69) is 4.98 Å². The Bertz CT molecular complexity index is 893. The number of carbonyl (C=O) groups excluding carboxylic acids is 1. The lowest BCUT2D eigenvalue weighted by Crippen LogP contribution is -2.32. The van der Waals surface area contributed by atoms with Crippen molar-refractivity contribution in [2.24, 2.45) is 0 Å².